The molecule has 2 rings (SSSR count). The van der Waals surface area contributed by atoms with Gasteiger partial charge in [0.2, 0.25) is 0 Å². The average molecular weight is 244 g/mol. The first-order valence-corrected chi connectivity index (χ1v) is 6.03. The summed E-state index contributed by atoms with van der Waals surface area (Å²) in [5, 5.41) is 13.1. The van der Waals surface area contributed by atoms with E-state index in [0.717, 1.165) is 19.3 Å². The molecule has 2 N–H and O–H groups in total. The quantitative estimate of drug-likeness (QED) is 0.487. The molecule has 1 unspecified atom stereocenters. The van der Waals surface area contributed by atoms with Crippen molar-refractivity contribution in [3.8, 4) is 5.75 Å². The van der Waals surface area contributed by atoms with E-state index >= 15 is 0 Å². The van der Waals surface area contributed by atoms with Gasteiger partial charge in [-0.1, -0.05) is 12.2 Å². The molecule has 0 bridgehead atoms. The third-order valence-corrected chi connectivity index (χ3v) is 2.89. The number of hydrogen-bond donors (Lipinski definition) is 2. The number of aromatic hydroxyl groups is 1. The summed E-state index contributed by atoms with van der Waals surface area (Å²) in [4.78, 5) is 11.7. The number of amides is 1. The zero-order chi connectivity index (χ0) is 12.8. The van der Waals surface area contributed by atoms with Crippen LogP contribution in [0.3, 0.4) is 0 Å². The lowest BCUT2D eigenvalue weighted by molar-refractivity contribution is 0.0955. The largest absolute Gasteiger partial charge is 0.508 e. The van der Waals surface area contributed by atoms with Gasteiger partial charge in [-0.05, 0) is 49.4 Å². The van der Waals surface area contributed by atoms with E-state index in [2.05, 4.69) is 22.7 Å². The maximum absolute atomic E-state index is 11.7. The molecular weight excluding hydrogens is 228 g/mol. The van der Waals surface area contributed by atoms with Crippen LogP contribution < -0.4 is 5.43 Å². The van der Waals surface area contributed by atoms with Crippen LogP contribution in [0.1, 0.15) is 29.6 Å². The number of carbonyl (C=O) groups excluding carboxylic acids is 1. The molecule has 94 valence electrons. The van der Waals surface area contributed by atoms with Gasteiger partial charge in [0.1, 0.15) is 5.75 Å². The number of allylic oxidation sites excluding steroid dienone is 2. The van der Waals surface area contributed by atoms with Crippen molar-refractivity contribution in [3.63, 3.8) is 0 Å². The van der Waals surface area contributed by atoms with E-state index in [9.17, 15) is 4.79 Å². The molecule has 1 amide bonds. The number of carbonyl (C=O) groups is 1. The predicted octanol–water partition coefficient (Wildman–Crippen LogP) is 2.46. The summed E-state index contributed by atoms with van der Waals surface area (Å²) in [6, 6.07) is 6.07. The highest BCUT2D eigenvalue weighted by molar-refractivity contribution is 5.94. The Morgan fingerprint density at radius 2 is 2.11 bits per heavy atom. The fourth-order valence-corrected chi connectivity index (χ4v) is 1.83. The molecule has 1 aliphatic rings. The predicted molar refractivity (Wildman–Crippen MR) is 70.5 cm³/mol. The lowest BCUT2D eigenvalue weighted by Gasteiger charge is -2.11. The first-order chi connectivity index (χ1) is 8.75. The summed E-state index contributed by atoms with van der Waals surface area (Å²) in [6.45, 7) is 0. The maximum atomic E-state index is 11.7. The van der Waals surface area contributed by atoms with Crippen molar-refractivity contribution in [2.24, 2.45) is 11.0 Å². The minimum Gasteiger partial charge on any atom is -0.508 e. The lowest BCUT2D eigenvalue weighted by atomic mass is 9.96. The minimum atomic E-state index is -0.266. The topological polar surface area (TPSA) is 61.7 Å². The SMILES string of the molecule is O=C(N/N=C/C1CC=CCC1)c1ccc(O)cc1. The van der Waals surface area contributed by atoms with E-state index in [1.165, 1.54) is 12.1 Å². The van der Waals surface area contributed by atoms with E-state index in [1.807, 2.05) is 0 Å². The van der Waals surface area contributed by atoms with Crippen LogP contribution in [0.2, 0.25) is 0 Å². The molecule has 0 saturated heterocycles. The number of nitrogens with one attached hydrogen (secondary N) is 1. The molecule has 18 heavy (non-hydrogen) atoms. The molecule has 0 aliphatic heterocycles. The third kappa shape index (κ3) is 3.45. The van der Waals surface area contributed by atoms with Gasteiger partial charge in [0.25, 0.3) is 5.91 Å². The van der Waals surface area contributed by atoms with Gasteiger partial charge in [-0.2, -0.15) is 5.10 Å². The molecule has 1 aliphatic carbocycles. The molecule has 4 nitrogen and oxygen atoms in total. The maximum Gasteiger partial charge on any atom is 0.271 e. The Bertz CT molecular complexity index is 463. The Morgan fingerprint density at radius 3 is 2.78 bits per heavy atom. The number of hydrazone groups is 1. The Hall–Kier alpha value is -2.10. The summed E-state index contributed by atoms with van der Waals surface area (Å²) in [7, 11) is 0. The zero-order valence-electron chi connectivity index (χ0n) is 10.0. The van der Waals surface area contributed by atoms with Crippen LogP contribution >= 0.6 is 0 Å². The Kier molecular flexibility index (Phi) is 4.12. The fraction of sp³-hybridized carbons (Fsp3) is 0.286. The second-order valence-corrected chi connectivity index (χ2v) is 4.31. The highest BCUT2D eigenvalue weighted by atomic mass is 16.3. The summed E-state index contributed by atoms with van der Waals surface area (Å²) >= 11 is 0. The van der Waals surface area contributed by atoms with E-state index in [1.54, 1.807) is 18.3 Å². The Balaban J connectivity index is 1.86. The van der Waals surface area contributed by atoms with Gasteiger partial charge in [-0.15, -0.1) is 0 Å². The van der Waals surface area contributed by atoms with Gasteiger partial charge in [0.05, 0.1) is 0 Å². The molecule has 0 fully saturated rings. The summed E-state index contributed by atoms with van der Waals surface area (Å²) in [6.07, 6.45) is 9.24. The van der Waals surface area contributed by atoms with E-state index < -0.39 is 0 Å². The highest BCUT2D eigenvalue weighted by Gasteiger charge is 2.07. The molecule has 0 spiro atoms. The molecule has 0 radical (unpaired) electrons. The third-order valence-electron chi connectivity index (χ3n) is 2.89. The van der Waals surface area contributed by atoms with Crippen LogP contribution in [-0.4, -0.2) is 17.2 Å². The van der Waals surface area contributed by atoms with Crippen molar-refractivity contribution in [1.29, 1.82) is 0 Å². The van der Waals surface area contributed by atoms with E-state index in [4.69, 9.17) is 5.11 Å². The molecule has 1 aromatic rings. The van der Waals surface area contributed by atoms with Crippen LogP contribution in [0, 0.1) is 5.92 Å². The van der Waals surface area contributed by atoms with Gasteiger partial charge >= 0.3 is 0 Å². The average Bonchev–Trinajstić information content (AvgIpc) is 2.40. The summed E-state index contributed by atoms with van der Waals surface area (Å²) in [5.41, 5.74) is 2.97. The Labute approximate surface area is 106 Å². The fourth-order valence-electron chi connectivity index (χ4n) is 1.83. The first kappa shape index (κ1) is 12.4. The van der Waals surface area contributed by atoms with Gasteiger partial charge < -0.3 is 5.11 Å². The number of phenols is 1. The second-order valence-electron chi connectivity index (χ2n) is 4.31. The van der Waals surface area contributed by atoms with Crippen molar-refractivity contribution in [1.82, 2.24) is 5.43 Å². The molecule has 4 heteroatoms. The Morgan fingerprint density at radius 1 is 1.33 bits per heavy atom. The second kappa shape index (κ2) is 6.00. The van der Waals surface area contributed by atoms with Crippen LogP contribution in [0.5, 0.6) is 5.75 Å². The molecular formula is C14H16N2O2. The number of rotatable bonds is 3. The number of phenolic OH excluding ortho intramolecular Hbond substituents is 1. The standard InChI is InChI=1S/C14H16N2O2/c17-13-8-6-12(7-9-13)14(18)16-15-10-11-4-2-1-3-5-11/h1-2,6-11,17H,3-5H2,(H,16,18)/b15-10+. The molecule has 1 aromatic carbocycles. The van der Waals surface area contributed by atoms with E-state index in [0.29, 0.717) is 11.5 Å². The monoisotopic (exact) mass is 244 g/mol. The van der Waals surface area contributed by atoms with Crippen LogP contribution in [0.15, 0.2) is 41.5 Å². The van der Waals surface area contributed by atoms with Crippen LogP contribution in [-0.2, 0) is 0 Å². The minimum absolute atomic E-state index is 0.143. The van der Waals surface area contributed by atoms with E-state index in [-0.39, 0.29) is 11.7 Å². The highest BCUT2D eigenvalue weighted by Crippen LogP contribution is 2.15. The van der Waals surface area contributed by atoms with Crippen LogP contribution in [0.25, 0.3) is 0 Å². The van der Waals surface area contributed by atoms with Gasteiger partial charge in [0, 0.05) is 11.8 Å². The van der Waals surface area contributed by atoms with Gasteiger partial charge in [0.15, 0.2) is 0 Å². The number of hydrogen-bond acceptors (Lipinski definition) is 3. The van der Waals surface area contributed by atoms with Crippen molar-refractivity contribution in [3.05, 3.63) is 42.0 Å². The van der Waals surface area contributed by atoms with Gasteiger partial charge in [-0.25, -0.2) is 5.43 Å². The normalized spacial score (nSPS) is 19.0. The molecule has 1 atom stereocenters. The van der Waals surface area contributed by atoms with Gasteiger partial charge in [-0.3, -0.25) is 4.79 Å². The molecule has 0 aromatic heterocycles. The molecule has 0 heterocycles. The smallest absolute Gasteiger partial charge is 0.271 e. The van der Waals surface area contributed by atoms with Crippen LogP contribution in [0.4, 0.5) is 0 Å². The van der Waals surface area contributed by atoms with Crippen molar-refractivity contribution in [2.45, 2.75) is 19.3 Å². The van der Waals surface area contributed by atoms with Crippen molar-refractivity contribution in [2.75, 3.05) is 0 Å². The summed E-state index contributed by atoms with van der Waals surface area (Å²) in [5.74, 6) is 0.289. The number of benzene rings is 1. The van der Waals surface area contributed by atoms with Crippen molar-refractivity contribution >= 4 is 12.1 Å². The van der Waals surface area contributed by atoms with Crippen molar-refractivity contribution < 1.29 is 9.90 Å². The molecule has 0 saturated carbocycles. The lowest BCUT2D eigenvalue weighted by Crippen LogP contribution is -2.18. The zero-order valence-corrected chi connectivity index (χ0v) is 10.0. The summed E-state index contributed by atoms with van der Waals surface area (Å²) < 4.78 is 0. The first-order valence-electron chi connectivity index (χ1n) is 6.03. The number of nitrogens with zero attached hydrogens (tertiary/aromatic N) is 1.